The van der Waals surface area contributed by atoms with E-state index in [1.165, 1.54) is 47.4 Å². The molecule has 2 aromatic rings. The predicted molar refractivity (Wildman–Crippen MR) is 102 cm³/mol. The van der Waals surface area contributed by atoms with Gasteiger partial charge in [0.1, 0.15) is 11.9 Å². The molecule has 7 nitrogen and oxygen atoms in total. The van der Waals surface area contributed by atoms with Crippen LogP contribution in [0.15, 0.2) is 41.0 Å². The number of furan rings is 1. The molecule has 0 saturated carbocycles. The third-order valence-electron chi connectivity index (χ3n) is 4.74. The Labute approximate surface area is 172 Å². The molecule has 1 aliphatic heterocycles. The number of likely N-dealkylation sites (tertiary alicyclic amines) is 1. The minimum absolute atomic E-state index is 0.0611. The van der Waals surface area contributed by atoms with E-state index in [4.69, 9.17) is 20.8 Å². The number of rotatable bonds is 6. The van der Waals surface area contributed by atoms with Crippen molar-refractivity contribution in [3.63, 3.8) is 0 Å². The lowest BCUT2D eigenvalue weighted by molar-refractivity contribution is -0.155. The molecular formula is C20H20ClFN2O5. The lowest BCUT2D eigenvalue weighted by Gasteiger charge is -2.23. The summed E-state index contributed by atoms with van der Waals surface area (Å²) in [5, 5.41) is 0.208. The molecule has 0 bridgehead atoms. The number of carbonyl (C=O) groups is 3. The monoisotopic (exact) mass is 422 g/mol. The van der Waals surface area contributed by atoms with Crippen LogP contribution >= 0.6 is 11.6 Å². The predicted octanol–water partition coefficient (Wildman–Crippen LogP) is 2.88. The van der Waals surface area contributed by atoms with Gasteiger partial charge in [-0.25, -0.2) is 9.18 Å². The zero-order valence-electron chi connectivity index (χ0n) is 15.8. The van der Waals surface area contributed by atoms with Gasteiger partial charge < -0.3 is 19.0 Å². The van der Waals surface area contributed by atoms with Crippen molar-refractivity contribution in [2.45, 2.75) is 25.4 Å². The van der Waals surface area contributed by atoms with E-state index >= 15 is 0 Å². The standard InChI is InChI=1S/C20H20ClFN2O5/c1-23(11-13-14(21)5-2-6-15(13)22)18(25)12-29-20(27)16-7-3-9-24(16)19(26)17-8-4-10-28-17/h2,4-6,8,10,16H,3,7,9,11-12H2,1H3/t16-/m0/s1. The molecule has 29 heavy (non-hydrogen) atoms. The van der Waals surface area contributed by atoms with E-state index in [2.05, 4.69) is 0 Å². The molecule has 1 aliphatic rings. The Bertz CT molecular complexity index is 882. The van der Waals surface area contributed by atoms with Crippen molar-refractivity contribution in [3.8, 4) is 0 Å². The van der Waals surface area contributed by atoms with Crippen LogP contribution in [0.1, 0.15) is 29.0 Å². The fraction of sp³-hybridized carbons (Fsp3) is 0.350. The summed E-state index contributed by atoms with van der Waals surface area (Å²) >= 11 is 5.97. The Morgan fingerprint density at radius 3 is 2.79 bits per heavy atom. The molecule has 2 heterocycles. The third-order valence-corrected chi connectivity index (χ3v) is 5.09. The first kappa shape index (κ1) is 20.9. The number of benzene rings is 1. The second-order valence-electron chi connectivity index (χ2n) is 6.69. The molecule has 0 radical (unpaired) electrons. The number of amides is 2. The molecule has 154 valence electrons. The van der Waals surface area contributed by atoms with E-state index in [1.54, 1.807) is 6.07 Å². The number of likely N-dealkylation sites (N-methyl/N-ethyl adjacent to an activating group) is 1. The maximum atomic E-state index is 13.9. The smallest absolute Gasteiger partial charge is 0.329 e. The van der Waals surface area contributed by atoms with Gasteiger partial charge in [0.15, 0.2) is 12.4 Å². The Balaban J connectivity index is 1.55. The van der Waals surface area contributed by atoms with Crippen molar-refractivity contribution in [3.05, 3.63) is 58.8 Å². The highest BCUT2D eigenvalue weighted by Gasteiger charge is 2.37. The summed E-state index contributed by atoms with van der Waals surface area (Å²) < 4.78 is 24.1. The van der Waals surface area contributed by atoms with Crippen LogP contribution in [0, 0.1) is 5.82 Å². The number of ether oxygens (including phenoxy) is 1. The molecule has 0 N–H and O–H groups in total. The molecule has 0 aliphatic carbocycles. The zero-order chi connectivity index (χ0) is 21.0. The molecule has 1 saturated heterocycles. The van der Waals surface area contributed by atoms with Crippen molar-refractivity contribution in [1.82, 2.24) is 9.80 Å². The zero-order valence-corrected chi connectivity index (χ0v) is 16.5. The van der Waals surface area contributed by atoms with E-state index in [9.17, 15) is 18.8 Å². The van der Waals surface area contributed by atoms with Gasteiger partial charge in [-0.2, -0.15) is 0 Å². The van der Waals surface area contributed by atoms with Crippen LogP contribution in [-0.4, -0.2) is 53.8 Å². The van der Waals surface area contributed by atoms with Crippen molar-refractivity contribution >= 4 is 29.4 Å². The average molecular weight is 423 g/mol. The lowest BCUT2D eigenvalue weighted by Crippen LogP contribution is -2.42. The Hall–Kier alpha value is -2.87. The number of halogens is 2. The summed E-state index contributed by atoms with van der Waals surface area (Å²) in [6.07, 6.45) is 2.47. The van der Waals surface area contributed by atoms with Gasteiger partial charge >= 0.3 is 5.97 Å². The second kappa shape index (κ2) is 9.09. The van der Waals surface area contributed by atoms with Crippen molar-refractivity contribution in [1.29, 1.82) is 0 Å². The highest BCUT2D eigenvalue weighted by Crippen LogP contribution is 2.22. The molecule has 9 heteroatoms. The van der Waals surface area contributed by atoms with E-state index in [0.717, 1.165) is 0 Å². The SMILES string of the molecule is CN(Cc1c(F)cccc1Cl)C(=O)COC(=O)[C@@H]1CCCN1C(=O)c1ccco1. The average Bonchev–Trinajstić information content (AvgIpc) is 3.40. The summed E-state index contributed by atoms with van der Waals surface area (Å²) in [6.45, 7) is -0.173. The summed E-state index contributed by atoms with van der Waals surface area (Å²) in [7, 11) is 1.46. The summed E-state index contributed by atoms with van der Waals surface area (Å²) in [6, 6.07) is 6.60. The van der Waals surface area contributed by atoms with Gasteiger partial charge in [0.05, 0.1) is 6.26 Å². The van der Waals surface area contributed by atoms with E-state index in [0.29, 0.717) is 19.4 Å². The fourth-order valence-corrected chi connectivity index (χ4v) is 3.37. The molecule has 1 fully saturated rings. The van der Waals surface area contributed by atoms with Gasteiger partial charge in [-0.3, -0.25) is 9.59 Å². The minimum atomic E-state index is -0.772. The van der Waals surface area contributed by atoms with Crippen LogP contribution < -0.4 is 0 Å². The molecule has 1 aromatic carbocycles. The van der Waals surface area contributed by atoms with Crippen LogP contribution in [0.2, 0.25) is 5.02 Å². The largest absolute Gasteiger partial charge is 0.459 e. The minimum Gasteiger partial charge on any atom is -0.459 e. The van der Waals surface area contributed by atoms with Gasteiger partial charge in [-0.05, 0) is 37.1 Å². The normalized spacial score (nSPS) is 16.0. The van der Waals surface area contributed by atoms with E-state index in [-0.39, 0.29) is 22.9 Å². The van der Waals surface area contributed by atoms with E-state index in [1.807, 2.05) is 0 Å². The number of esters is 1. The van der Waals surface area contributed by atoms with Gasteiger partial charge in [0, 0.05) is 30.7 Å². The molecule has 0 spiro atoms. The first-order chi connectivity index (χ1) is 13.9. The molecular weight excluding hydrogens is 403 g/mol. The Morgan fingerprint density at radius 1 is 1.31 bits per heavy atom. The van der Waals surface area contributed by atoms with Crippen LogP contribution in [-0.2, 0) is 20.9 Å². The van der Waals surface area contributed by atoms with Crippen molar-refractivity contribution < 1.29 is 27.9 Å². The third kappa shape index (κ3) is 4.76. The summed E-state index contributed by atoms with van der Waals surface area (Å²) in [5.41, 5.74) is 0.183. The number of hydrogen-bond acceptors (Lipinski definition) is 5. The first-order valence-corrected chi connectivity index (χ1v) is 9.44. The maximum absolute atomic E-state index is 13.9. The highest BCUT2D eigenvalue weighted by atomic mass is 35.5. The highest BCUT2D eigenvalue weighted by molar-refractivity contribution is 6.31. The topological polar surface area (TPSA) is 80.1 Å². The fourth-order valence-electron chi connectivity index (χ4n) is 3.14. The van der Waals surface area contributed by atoms with Crippen LogP contribution in [0.3, 0.4) is 0 Å². The van der Waals surface area contributed by atoms with Gasteiger partial charge in [0.25, 0.3) is 11.8 Å². The van der Waals surface area contributed by atoms with Crippen LogP contribution in [0.4, 0.5) is 4.39 Å². The van der Waals surface area contributed by atoms with Crippen molar-refractivity contribution in [2.24, 2.45) is 0 Å². The molecule has 3 rings (SSSR count). The number of carbonyl (C=O) groups excluding carboxylic acids is 3. The van der Waals surface area contributed by atoms with Gasteiger partial charge in [0.2, 0.25) is 0 Å². The first-order valence-electron chi connectivity index (χ1n) is 9.06. The summed E-state index contributed by atoms with van der Waals surface area (Å²) in [4.78, 5) is 39.7. The Morgan fingerprint density at radius 2 is 2.10 bits per heavy atom. The van der Waals surface area contributed by atoms with Gasteiger partial charge in [-0.1, -0.05) is 17.7 Å². The second-order valence-corrected chi connectivity index (χ2v) is 7.10. The van der Waals surface area contributed by atoms with Gasteiger partial charge in [-0.15, -0.1) is 0 Å². The van der Waals surface area contributed by atoms with E-state index < -0.39 is 36.2 Å². The Kier molecular flexibility index (Phi) is 6.53. The summed E-state index contributed by atoms with van der Waals surface area (Å²) in [5.74, 6) is -1.95. The molecule has 1 aromatic heterocycles. The lowest BCUT2D eigenvalue weighted by atomic mass is 10.2. The maximum Gasteiger partial charge on any atom is 0.329 e. The number of nitrogens with zero attached hydrogens (tertiary/aromatic N) is 2. The molecule has 2 amide bonds. The quantitative estimate of drug-likeness (QED) is 0.669. The number of hydrogen-bond donors (Lipinski definition) is 0. The molecule has 0 unspecified atom stereocenters. The molecule has 1 atom stereocenters. The van der Waals surface area contributed by atoms with Crippen LogP contribution in [0.25, 0.3) is 0 Å². The van der Waals surface area contributed by atoms with Crippen molar-refractivity contribution in [2.75, 3.05) is 20.2 Å². The van der Waals surface area contributed by atoms with Crippen LogP contribution in [0.5, 0.6) is 0 Å².